The Balaban J connectivity index is 3.78. The average molecular weight is 192 g/mol. The summed E-state index contributed by atoms with van der Waals surface area (Å²) in [5, 5.41) is 0. The molecule has 0 aromatic carbocycles. The fourth-order valence-corrected chi connectivity index (χ4v) is 0.799. The molecule has 0 aliphatic carbocycles. The summed E-state index contributed by atoms with van der Waals surface area (Å²) in [7, 11) is 0. The molecule has 0 saturated carbocycles. The van der Waals surface area contributed by atoms with Gasteiger partial charge in [-0.2, -0.15) is 8.78 Å². The van der Waals surface area contributed by atoms with E-state index in [4.69, 9.17) is 0 Å². The highest BCUT2D eigenvalue weighted by Gasteiger charge is 2.24. The third-order valence-corrected chi connectivity index (χ3v) is 1.47. The standard InChI is InChI=1S/C10H18F2O/c1-4-13-8-10(11,12)7-5-6-9(2)3/h5,7,9H,4,6,8H2,1-3H3/b7-5+. The molecule has 0 radical (unpaired) electrons. The van der Waals surface area contributed by atoms with Crippen molar-refractivity contribution >= 4 is 0 Å². The predicted molar refractivity (Wildman–Crippen MR) is 50.0 cm³/mol. The molecule has 0 rings (SSSR count). The summed E-state index contributed by atoms with van der Waals surface area (Å²) >= 11 is 0. The molecule has 0 unspecified atom stereocenters. The molecule has 0 saturated heterocycles. The van der Waals surface area contributed by atoms with Gasteiger partial charge in [-0.25, -0.2) is 0 Å². The molecule has 3 heteroatoms. The van der Waals surface area contributed by atoms with Crippen LogP contribution in [0.15, 0.2) is 12.2 Å². The molecule has 0 amide bonds. The summed E-state index contributed by atoms with van der Waals surface area (Å²) in [4.78, 5) is 0. The second-order valence-electron chi connectivity index (χ2n) is 3.43. The number of halogens is 2. The molecule has 0 aliphatic heterocycles. The first-order chi connectivity index (χ1) is 5.98. The van der Waals surface area contributed by atoms with Crippen molar-refractivity contribution in [2.45, 2.75) is 33.1 Å². The van der Waals surface area contributed by atoms with Gasteiger partial charge in [-0.1, -0.05) is 19.9 Å². The Bertz CT molecular complexity index is 153. The lowest BCUT2D eigenvalue weighted by Crippen LogP contribution is -2.20. The van der Waals surface area contributed by atoms with Gasteiger partial charge in [0.25, 0.3) is 5.92 Å². The van der Waals surface area contributed by atoms with E-state index >= 15 is 0 Å². The van der Waals surface area contributed by atoms with Crippen LogP contribution in [0.5, 0.6) is 0 Å². The maximum atomic E-state index is 12.8. The number of rotatable bonds is 6. The van der Waals surface area contributed by atoms with Crippen molar-refractivity contribution in [2.24, 2.45) is 5.92 Å². The molecule has 0 spiro atoms. The summed E-state index contributed by atoms with van der Waals surface area (Å²) in [5.41, 5.74) is 0. The lowest BCUT2D eigenvalue weighted by molar-refractivity contribution is -0.0368. The topological polar surface area (TPSA) is 9.23 Å². The van der Waals surface area contributed by atoms with E-state index in [2.05, 4.69) is 4.74 Å². The van der Waals surface area contributed by atoms with E-state index < -0.39 is 12.5 Å². The number of allylic oxidation sites excluding steroid dienone is 1. The Morgan fingerprint density at radius 2 is 2.00 bits per heavy atom. The van der Waals surface area contributed by atoms with Gasteiger partial charge in [-0.3, -0.25) is 0 Å². The van der Waals surface area contributed by atoms with E-state index in [0.29, 0.717) is 18.9 Å². The molecule has 0 heterocycles. The largest absolute Gasteiger partial charge is 0.375 e. The zero-order valence-electron chi connectivity index (χ0n) is 8.52. The van der Waals surface area contributed by atoms with Crippen molar-refractivity contribution in [3.05, 3.63) is 12.2 Å². The van der Waals surface area contributed by atoms with Crippen LogP contribution in [0.2, 0.25) is 0 Å². The van der Waals surface area contributed by atoms with Crippen molar-refractivity contribution in [3.63, 3.8) is 0 Å². The van der Waals surface area contributed by atoms with Gasteiger partial charge >= 0.3 is 0 Å². The first-order valence-corrected chi connectivity index (χ1v) is 4.61. The van der Waals surface area contributed by atoms with Crippen molar-refractivity contribution in [2.75, 3.05) is 13.2 Å². The van der Waals surface area contributed by atoms with Gasteiger partial charge in [0.1, 0.15) is 6.61 Å². The lowest BCUT2D eigenvalue weighted by atomic mass is 10.1. The number of hydrogen-bond acceptors (Lipinski definition) is 1. The summed E-state index contributed by atoms with van der Waals surface area (Å²) in [5.74, 6) is -2.40. The molecule has 1 nitrogen and oxygen atoms in total. The second kappa shape index (κ2) is 6.08. The van der Waals surface area contributed by atoms with Gasteiger partial charge in [0, 0.05) is 6.61 Å². The van der Waals surface area contributed by atoms with Crippen LogP contribution >= 0.6 is 0 Å². The molecule has 0 fully saturated rings. The minimum atomic E-state index is -2.81. The molecule has 0 aliphatic rings. The van der Waals surface area contributed by atoms with Gasteiger partial charge in [0.2, 0.25) is 0 Å². The van der Waals surface area contributed by atoms with Crippen molar-refractivity contribution in [3.8, 4) is 0 Å². The van der Waals surface area contributed by atoms with Crippen LogP contribution in [0.3, 0.4) is 0 Å². The molecule has 0 bridgehead atoms. The minimum absolute atomic E-state index is 0.327. The molecule has 13 heavy (non-hydrogen) atoms. The van der Waals surface area contributed by atoms with Crippen LogP contribution in [-0.2, 0) is 4.74 Å². The van der Waals surface area contributed by atoms with Crippen molar-refractivity contribution in [1.82, 2.24) is 0 Å². The third-order valence-electron chi connectivity index (χ3n) is 1.47. The minimum Gasteiger partial charge on any atom is -0.375 e. The van der Waals surface area contributed by atoms with Gasteiger partial charge in [-0.15, -0.1) is 0 Å². The maximum Gasteiger partial charge on any atom is 0.289 e. The first kappa shape index (κ1) is 12.6. The smallest absolute Gasteiger partial charge is 0.289 e. The summed E-state index contributed by atoms with van der Waals surface area (Å²) in [6.07, 6.45) is 3.13. The van der Waals surface area contributed by atoms with Gasteiger partial charge in [0.15, 0.2) is 0 Å². The highest BCUT2D eigenvalue weighted by atomic mass is 19.3. The van der Waals surface area contributed by atoms with Crippen LogP contribution in [0.4, 0.5) is 8.78 Å². The van der Waals surface area contributed by atoms with Crippen molar-refractivity contribution < 1.29 is 13.5 Å². The fourth-order valence-electron chi connectivity index (χ4n) is 0.799. The number of hydrogen-bond donors (Lipinski definition) is 0. The Morgan fingerprint density at radius 3 is 2.46 bits per heavy atom. The summed E-state index contributed by atoms with van der Waals surface area (Å²) < 4.78 is 30.4. The van der Waals surface area contributed by atoms with Crippen LogP contribution in [0, 0.1) is 5.92 Å². The fraction of sp³-hybridized carbons (Fsp3) is 0.800. The average Bonchev–Trinajstić information content (AvgIpc) is 2.00. The lowest BCUT2D eigenvalue weighted by Gasteiger charge is -2.11. The molecular formula is C10H18F2O. The van der Waals surface area contributed by atoms with Gasteiger partial charge in [-0.05, 0) is 25.3 Å². The highest BCUT2D eigenvalue weighted by Crippen LogP contribution is 2.16. The predicted octanol–water partition coefficient (Wildman–Crippen LogP) is 3.26. The highest BCUT2D eigenvalue weighted by molar-refractivity contribution is 4.95. The number of ether oxygens (including phenoxy) is 1. The van der Waals surface area contributed by atoms with Crippen LogP contribution in [-0.4, -0.2) is 19.1 Å². The zero-order valence-corrected chi connectivity index (χ0v) is 8.52. The van der Waals surface area contributed by atoms with E-state index in [1.807, 2.05) is 13.8 Å². The first-order valence-electron chi connectivity index (χ1n) is 4.61. The normalized spacial score (nSPS) is 13.1. The van der Waals surface area contributed by atoms with E-state index in [-0.39, 0.29) is 0 Å². The van der Waals surface area contributed by atoms with Crippen molar-refractivity contribution in [1.29, 1.82) is 0 Å². The van der Waals surface area contributed by atoms with E-state index in [9.17, 15) is 8.78 Å². The summed E-state index contributed by atoms with van der Waals surface area (Å²) in [6, 6.07) is 0. The Morgan fingerprint density at radius 1 is 1.38 bits per heavy atom. The van der Waals surface area contributed by atoms with E-state index in [1.54, 1.807) is 6.92 Å². The van der Waals surface area contributed by atoms with Crippen LogP contribution in [0.25, 0.3) is 0 Å². The molecule has 0 atom stereocenters. The third kappa shape index (κ3) is 7.91. The maximum absolute atomic E-state index is 12.8. The number of alkyl halides is 2. The van der Waals surface area contributed by atoms with Crippen LogP contribution < -0.4 is 0 Å². The van der Waals surface area contributed by atoms with E-state index in [0.717, 1.165) is 6.08 Å². The quantitative estimate of drug-likeness (QED) is 0.587. The Labute approximate surface area is 78.8 Å². The molecular weight excluding hydrogens is 174 g/mol. The van der Waals surface area contributed by atoms with E-state index in [1.165, 1.54) is 6.08 Å². The molecule has 0 N–H and O–H groups in total. The SMILES string of the molecule is CCOCC(F)(F)/C=C/CC(C)C. The molecule has 0 aromatic heterocycles. The summed E-state index contributed by atoms with van der Waals surface area (Å²) in [6.45, 7) is 5.50. The Kier molecular flexibility index (Phi) is 5.88. The zero-order chi connectivity index (χ0) is 10.3. The monoisotopic (exact) mass is 192 g/mol. The molecule has 0 aromatic rings. The van der Waals surface area contributed by atoms with Crippen LogP contribution in [0.1, 0.15) is 27.2 Å². The van der Waals surface area contributed by atoms with Gasteiger partial charge in [0.05, 0.1) is 0 Å². The second-order valence-corrected chi connectivity index (χ2v) is 3.43. The Hall–Kier alpha value is -0.440. The molecule has 78 valence electrons. The van der Waals surface area contributed by atoms with Gasteiger partial charge < -0.3 is 4.74 Å².